The van der Waals surface area contributed by atoms with Crippen LogP contribution in [0.5, 0.6) is 0 Å². The van der Waals surface area contributed by atoms with Crippen LogP contribution in [-0.2, 0) is 13.5 Å². The van der Waals surface area contributed by atoms with E-state index in [-0.39, 0.29) is 6.04 Å². The van der Waals surface area contributed by atoms with Gasteiger partial charge in [-0.3, -0.25) is 16.0 Å². The van der Waals surface area contributed by atoms with Crippen molar-refractivity contribution >= 4 is 22.6 Å². The maximum absolute atomic E-state index is 5.62. The number of rotatable bonds is 4. The first-order valence-corrected chi connectivity index (χ1v) is 6.46. The third-order valence-corrected chi connectivity index (χ3v) is 3.39. The Hall–Kier alpha value is -0.920. The highest BCUT2D eigenvalue weighted by Crippen LogP contribution is 2.18. The number of nitrogens with two attached hydrogens (primary N) is 1. The van der Waals surface area contributed by atoms with Crippen molar-refractivity contribution < 1.29 is 0 Å². The summed E-state index contributed by atoms with van der Waals surface area (Å²) in [5.41, 5.74) is 5.22. The molecule has 0 saturated heterocycles. The van der Waals surface area contributed by atoms with Crippen molar-refractivity contribution in [2.24, 2.45) is 12.9 Å². The Kier molecular flexibility index (Phi) is 4.14. The first-order valence-electron chi connectivity index (χ1n) is 5.38. The molecule has 0 amide bonds. The van der Waals surface area contributed by atoms with E-state index in [0.29, 0.717) is 0 Å². The van der Waals surface area contributed by atoms with Crippen molar-refractivity contribution in [2.45, 2.75) is 12.5 Å². The van der Waals surface area contributed by atoms with E-state index in [4.69, 9.17) is 5.84 Å². The predicted molar refractivity (Wildman–Crippen MR) is 76.1 cm³/mol. The maximum Gasteiger partial charge on any atom is 0.0522 e. The first kappa shape index (κ1) is 12.5. The number of aromatic nitrogens is 2. The smallest absolute Gasteiger partial charge is 0.0522 e. The first-order chi connectivity index (χ1) is 8.19. The molecule has 17 heavy (non-hydrogen) atoms. The summed E-state index contributed by atoms with van der Waals surface area (Å²) >= 11 is 2.29. The van der Waals surface area contributed by atoms with Crippen LogP contribution in [0.2, 0.25) is 0 Å². The molecule has 0 spiro atoms. The number of halogens is 1. The van der Waals surface area contributed by atoms with Crippen LogP contribution < -0.4 is 11.3 Å². The summed E-state index contributed by atoms with van der Waals surface area (Å²) in [6.07, 6.45) is 4.72. The van der Waals surface area contributed by atoms with Crippen molar-refractivity contribution in [3.63, 3.8) is 0 Å². The van der Waals surface area contributed by atoms with Crippen LogP contribution in [-0.4, -0.2) is 9.78 Å². The van der Waals surface area contributed by atoms with Gasteiger partial charge in [0.15, 0.2) is 0 Å². The summed E-state index contributed by atoms with van der Waals surface area (Å²) in [7, 11) is 1.92. The second-order valence-electron chi connectivity index (χ2n) is 4.00. The molecule has 90 valence electrons. The summed E-state index contributed by atoms with van der Waals surface area (Å²) in [6, 6.07) is 8.49. The third kappa shape index (κ3) is 3.27. The molecule has 0 aliphatic heterocycles. The zero-order valence-corrected chi connectivity index (χ0v) is 11.8. The fourth-order valence-corrected chi connectivity index (χ4v) is 2.14. The molecule has 3 N–H and O–H groups in total. The van der Waals surface area contributed by atoms with Crippen molar-refractivity contribution in [1.29, 1.82) is 0 Å². The number of benzene rings is 1. The Morgan fingerprint density at radius 2 is 2.12 bits per heavy atom. The summed E-state index contributed by atoms with van der Waals surface area (Å²) in [5.74, 6) is 5.62. The van der Waals surface area contributed by atoms with Crippen molar-refractivity contribution in [3.05, 3.63) is 51.4 Å². The molecule has 0 fully saturated rings. The number of hydrogen-bond donors (Lipinski definition) is 2. The summed E-state index contributed by atoms with van der Waals surface area (Å²) in [4.78, 5) is 0. The van der Waals surface area contributed by atoms with Crippen LogP contribution in [0, 0.1) is 3.57 Å². The summed E-state index contributed by atoms with van der Waals surface area (Å²) in [5, 5.41) is 4.16. The van der Waals surface area contributed by atoms with Gasteiger partial charge in [-0.1, -0.05) is 12.1 Å². The van der Waals surface area contributed by atoms with Gasteiger partial charge in [0.05, 0.1) is 12.2 Å². The quantitative estimate of drug-likeness (QED) is 0.506. The van der Waals surface area contributed by atoms with Crippen LogP contribution in [0.3, 0.4) is 0 Å². The van der Waals surface area contributed by atoms with Gasteiger partial charge in [-0.2, -0.15) is 5.10 Å². The van der Waals surface area contributed by atoms with E-state index in [9.17, 15) is 0 Å². The molecule has 0 bridgehead atoms. The Morgan fingerprint density at radius 3 is 2.65 bits per heavy atom. The maximum atomic E-state index is 5.62. The van der Waals surface area contributed by atoms with Gasteiger partial charge in [-0.15, -0.1) is 0 Å². The lowest BCUT2D eigenvalue weighted by atomic mass is 10.0. The average Bonchev–Trinajstić information content (AvgIpc) is 2.73. The fourth-order valence-electron chi connectivity index (χ4n) is 1.78. The highest BCUT2D eigenvalue weighted by atomic mass is 127. The Morgan fingerprint density at radius 1 is 1.41 bits per heavy atom. The minimum Gasteiger partial charge on any atom is -0.276 e. The second kappa shape index (κ2) is 5.61. The molecule has 1 aromatic carbocycles. The third-order valence-electron chi connectivity index (χ3n) is 2.67. The lowest BCUT2D eigenvalue weighted by Gasteiger charge is -2.15. The molecule has 1 aromatic heterocycles. The SMILES string of the molecule is Cn1cc(CC(NN)c2ccc(I)cc2)cn1. The molecule has 0 aliphatic rings. The molecule has 0 saturated carbocycles. The summed E-state index contributed by atoms with van der Waals surface area (Å²) < 4.78 is 3.03. The number of hydrazine groups is 1. The molecule has 2 rings (SSSR count). The van der Waals surface area contributed by atoms with Crippen LogP contribution >= 0.6 is 22.6 Å². The van der Waals surface area contributed by atoms with Crippen molar-refractivity contribution in [1.82, 2.24) is 15.2 Å². The normalized spacial score (nSPS) is 12.6. The Balaban J connectivity index is 2.13. The van der Waals surface area contributed by atoms with Gasteiger partial charge in [0, 0.05) is 16.8 Å². The highest BCUT2D eigenvalue weighted by Gasteiger charge is 2.11. The van der Waals surface area contributed by atoms with Gasteiger partial charge in [-0.25, -0.2) is 0 Å². The van der Waals surface area contributed by atoms with Gasteiger partial charge >= 0.3 is 0 Å². The molecular formula is C12H15IN4. The minimum atomic E-state index is 0.121. The largest absolute Gasteiger partial charge is 0.276 e. The van der Waals surface area contributed by atoms with Gasteiger partial charge in [-0.05, 0) is 52.3 Å². The van der Waals surface area contributed by atoms with Gasteiger partial charge in [0.2, 0.25) is 0 Å². The average molecular weight is 342 g/mol. The van der Waals surface area contributed by atoms with Gasteiger partial charge < -0.3 is 0 Å². The fraction of sp³-hybridized carbons (Fsp3) is 0.250. The van der Waals surface area contributed by atoms with Crippen LogP contribution in [0.4, 0.5) is 0 Å². The van der Waals surface area contributed by atoms with Gasteiger partial charge in [0.1, 0.15) is 0 Å². The molecule has 4 nitrogen and oxygen atoms in total. The number of hydrogen-bond acceptors (Lipinski definition) is 3. The lowest BCUT2D eigenvalue weighted by molar-refractivity contribution is 0.551. The monoisotopic (exact) mass is 342 g/mol. The minimum absolute atomic E-state index is 0.121. The van der Waals surface area contributed by atoms with Crippen LogP contribution in [0.1, 0.15) is 17.2 Å². The highest BCUT2D eigenvalue weighted by molar-refractivity contribution is 14.1. The zero-order chi connectivity index (χ0) is 12.3. The molecule has 2 aromatic rings. The Labute approximate surface area is 114 Å². The van der Waals surface area contributed by atoms with Crippen LogP contribution in [0.15, 0.2) is 36.7 Å². The van der Waals surface area contributed by atoms with Gasteiger partial charge in [0.25, 0.3) is 0 Å². The molecule has 1 unspecified atom stereocenters. The van der Waals surface area contributed by atoms with E-state index >= 15 is 0 Å². The molecule has 1 atom stereocenters. The van der Waals surface area contributed by atoms with E-state index in [2.05, 4.69) is 57.4 Å². The van der Waals surface area contributed by atoms with Crippen LogP contribution in [0.25, 0.3) is 0 Å². The predicted octanol–water partition coefficient (Wildman–Crippen LogP) is 1.77. The molecule has 1 heterocycles. The number of aryl methyl sites for hydroxylation is 1. The van der Waals surface area contributed by atoms with Crippen molar-refractivity contribution in [2.75, 3.05) is 0 Å². The topological polar surface area (TPSA) is 55.9 Å². The summed E-state index contributed by atoms with van der Waals surface area (Å²) in [6.45, 7) is 0. The number of nitrogens with one attached hydrogen (secondary N) is 1. The number of nitrogens with zero attached hydrogens (tertiary/aromatic N) is 2. The van der Waals surface area contributed by atoms with E-state index in [1.807, 2.05) is 19.4 Å². The zero-order valence-electron chi connectivity index (χ0n) is 9.60. The lowest BCUT2D eigenvalue weighted by Crippen LogP contribution is -2.29. The van der Waals surface area contributed by atoms with E-state index < -0.39 is 0 Å². The molecule has 0 aliphatic carbocycles. The Bertz CT molecular complexity index is 478. The molecule has 0 radical (unpaired) electrons. The molecular weight excluding hydrogens is 327 g/mol. The molecule has 5 heteroatoms. The standard InChI is InChI=1S/C12H15IN4/c1-17-8-9(7-15-17)6-12(16-14)10-2-4-11(13)5-3-10/h2-5,7-8,12,16H,6,14H2,1H3. The van der Waals surface area contributed by atoms with Crippen molar-refractivity contribution in [3.8, 4) is 0 Å². The van der Waals surface area contributed by atoms with E-state index in [1.165, 1.54) is 14.7 Å². The second-order valence-corrected chi connectivity index (χ2v) is 5.24. The van der Waals surface area contributed by atoms with E-state index in [1.54, 1.807) is 4.68 Å². The van der Waals surface area contributed by atoms with E-state index in [0.717, 1.165) is 6.42 Å².